The van der Waals surface area contributed by atoms with E-state index in [1.807, 2.05) is 0 Å². The van der Waals surface area contributed by atoms with Crippen molar-refractivity contribution in [2.75, 3.05) is 7.11 Å². The average molecular weight is 182 g/mol. The van der Waals surface area contributed by atoms with Crippen molar-refractivity contribution in [1.82, 2.24) is 0 Å². The third-order valence-electron chi connectivity index (χ3n) is 1.93. The summed E-state index contributed by atoms with van der Waals surface area (Å²) in [5.41, 5.74) is 3.19. The van der Waals surface area contributed by atoms with Gasteiger partial charge in [0.05, 0.1) is 12.7 Å². The molecule has 0 spiro atoms. The number of ether oxygens (including phenoxy) is 1. The van der Waals surface area contributed by atoms with Gasteiger partial charge in [0.1, 0.15) is 0 Å². The molecule has 0 N–H and O–H groups in total. The van der Waals surface area contributed by atoms with Gasteiger partial charge in [-0.15, -0.1) is 5.73 Å². The Labute approximate surface area is 80.3 Å². The quantitative estimate of drug-likeness (QED) is 0.273. The van der Waals surface area contributed by atoms with Crippen LogP contribution in [0.5, 0.6) is 0 Å². The lowest BCUT2D eigenvalue weighted by molar-refractivity contribution is -0.136. The second kappa shape index (κ2) is 7.63. The second-order valence-electron chi connectivity index (χ2n) is 2.96. The maximum atomic E-state index is 11.0. The van der Waals surface area contributed by atoms with Gasteiger partial charge in [0.25, 0.3) is 0 Å². The molecule has 0 radical (unpaired) electrons. The summed E-state index contributed by atoms with van der Waals surface area (Å²) >= 11 is 0. The molecule has 0 heterocycles. The number of carbonyl (C=O) groups excluding carboxylic acids is 1. The van der Waals surface area contributed by atoms with Crippen molar-refractivity contribution in [3.8, 4) is 0 Å². The molecule has 0 saturated carbocycles. The average Bonchev–Trinajstić information content (AvgIpc) is 2.17. The summed E-state index contributed by atoms with van der Waals surface area (Å²) in [4.78, 5) is 11.0. The Morgan fingerprint density at radius 2 is 2.08 bits per heavy atom. The minimum absolute atomic E-state index is 0.300. The van der Waals surface area contributed by atoms with Crippen LogP contribution in [0.1, 0.15) is 39.0 Å². The monoisotopic (exact) mass is 182 g/mol. The summed E-state index contributed by atoms with van der Waals surface area (Å²) in [6.07, 6.45) is 5.31. The summed E-state index contributed by atoms with van der Waals surface area (Å²) in [5, 5.41) is 0. The number of esters is 1. The van der Waals surface area contributed by atoms with Crippen LogP contribution >= 0.6 is 0 Å². The number of hydrogen-bond acceptors (Lipinski definition) is 2. The molecule has 0 bridgehead atoms. The van der Waals surface area contributed by atoms with Gasteiger partial charge in [-0.05, 0) is 12.8 Å². The maximum Gasteiger partial charge on any atom is 0.341 e. The van der Waals surface area contributed by atoms with Crippen LogP contribution < -0.4 is 0 Å². The second-order valence-corrected chi connectivity index (χ2v) is 2.96. The van der Waals surface area contributed by atoms with Crippen LogP contribution in [0.25, 0.3) is 0 Å². The zero-order chi connectivity index (χ0) is 10.1. The molecular formula is C11H18O2. The number of methoxy groups -OCH3 is 1. The highest BCUT2D eigenvalue weighted by molar-refractivity contribution is 5.87. The molecule has 0 amide bonds. The Hall–Kier alpha value is -1.01. The first kappa shape index (κ1) is 12.0. The number of unbranched alkanes of at least 4 members (excludes halogenated alkanes) is 3. The van der Waals surface area contributed by atoms with Gasteiger partial charge in [-0.3, -0.25) is 0 Å². The molecule has 0 fully saturated rings. The van der Waals surface area contributed by atoms with Crippen molar-refractivity contribution in [1.29, 1.82) is 0 Å². The van der Waals surface area contributed by atoms with E-state index < -0.39 is 0 Å². The van der Waals surface area contributed by atoms with Gasteiger partial charge in [0.15, 0.2) is 0 Å². The van der Waals surface area contributed by atoms with Crippen LogP contribution in [0, 0.1) is 0 Å². The predicted molar refractivity (Wildman–Crippen MR) is 53.4 cm³/mol. The van der Waals surface area contributed by atoms with E-state index >= 15 is 0 Å². The van der Waals surface area contributed by atoms with E-state index in [9.17, 15) is 4.79 Å². The molecule has 0 saturated heterocycles. The van der Waals surface area contributed by atoms with Crippen molar-refractivity contribution >= 4 is 5.97 Å². The van der Waals surface area contributed by atoms with Gasteiger partial charge in [-0.1, -0.05) is 32.8 Å². The minimum Gasteiger partial charge on any atom is -0.465 e. The predicted octanol–water partition coefficient (Wildman–Crippen LogP) is 2.84. The first-order valence-corrected chi connectivity index (χ1v) is 4.73. The molecule has 0 rings (SSSR count). The van der Waals surface area contributed by atoms with Crippen molar-refractivity contribution in [3.05, 3.63) is 17.9 Å². The number of carbonyl (C=O) groups is 1. The Bertz CT molecular complexity index is 200. The topological polar surface area (TPSA) is 26.3 Å². The smallest absolute Gasteiger partial charge is 0.341 e. The van der Waals surface area contributed by atoms with E-state index in [2.05, 4.69) is 24.0 Å². The van der Waals surface area contributed by atoms with E-state index in [1.165, 1.54) is 20.0 Å². The lowest BCUT2D eigenvalue weighted by Gasteiger charge is -2.01. The van der Waals surface area contributed by atoms with Gasteiger partial charge < -0.3 is 4.74 Å². The summed E-state index contributed by atoms with van der Waals surface area (Å²) in [6.45, 7) is 5.62. The summed E-state index contributed by atoms with van der Waals surface area (Å²) < 4.78 is 4.58. The van der Waals surface area contributed by atoms with Gasteiger partial charge in [-0.25, -0.2) is 4.79 Å². The molecule has 0 aliphatic rings. The molecule has 13 heavy (non-hydrogen) atoms. The Morgan fingerprint density at radius 1 is 1.38 bits per heavy atom. The van der Waals surface area contributed by atoms with Crippen molar-refractivity contribution in [2.24, 2.45) is 0 Å². The fourth-order valence-electron chi connectivity index (χ4n) is 1.11. The molecule has 0 atom stereocenters. The van der Waals surface area contributed by atoms with E-state index in [-0.39, 0.29) is 5.97 Å². The maximum absolute atomic E-state index is 11.0. The molecule has 74 valence electrons. The third-order valence-corrected chi connectivity index (χ3v) is 1.93. The van der Waals surface area contributed by atoms with E-state index in [0.29, 0.717) is 5.57 Å². The number of hydrogen-bond donors (Lipinski definition) is 0. The Kier molecular flexibility index (Phi) is 7.04. The van der Waals surface area contributed by atoms with E-state index in [1.54, 1.807) is 0 Å². The van der Waals surface area contributed by atoms with Gasteiger partial charge in [0.2, 0.25) is 0 Å². The van der Waals surface area contributed by atoms with E-state index in [0.717, 1.165) is 19.3 Å². The first-order valence-electron chi connectivity index (χ1n) is 4.73. The highest BCUT2D eigenvalue weighted by Crippen LogP contribution is 2.09. The Balaban J connectivity index is 3.75. The molecule has 0 aliphatic heterocycles. The zero-order valence-electron chi connectivity index (χ0n) is 8.56. The Morgan fingerprint density at radius 3 is 2.54 bits per heavy atom. The normalized spacial score (nSPS) is 9.08. The SMILES string of the molecule is C=C=C(CCCCCC)C(=O)OC. The molecule has 0 aromatic rings. The fourth-order valence-corrected chi connectivity index (χ4v) is 1.11. The summed E-state index contributed by atoms with van der Waals surface area (Å²) in [6, 6.07) is 0. The molecule has 2 heteroatoms. The molecule has 0 unspecified atom stereocenters. The number of rotatable bonds is 6. The molecule has 0 aliphatic carbocycles. The van der Waals surface area contributed by atoms with Crippen LogP contribution in [0.15, 0.2) is 17.9 Å². The lowest BCUT2D eigenvalue weighted by atomic mass is 10.1. The van der Waals surface area contributed by atoms with Gasteiger partial charge in [-0.2, -0.15) is 0 Å². The van der Waals surface area contributed by atoms with Crippen molar-refractivity contribution < 1.29 is 9.53 Å². The third kappa shape index (κ3) is 5.26. The summed E-state index contributed by atoms with van der Waals surface area (Å²) in [7, 11) is 1.38. The zero-order valence-corrected chi connectivity index (χ0v) is 8.56. The largest absolute Gasteiger partial charge is 0.465 e. The van der Waals surface area contributed by atoms with Gasteiger partial charge >= 0.3 is 5.97 Å². The van der Waals surface area contributed by atoms with Crippen LogP contribution in [-0.4, -0.2) is 13.1 Å². The highest BCUT2D eigenvalue weighted by atomic mass is 16.5. The first-order chi connectivity index (χ1) is 6.26. The fraction of sp³-hybridized carbons (Fsp3) is 0.636. The lowest BCUT2D eigenvalue weighted by Crippen LogP contribution is -2.03. The minimum atomic E-state index is -0.300. The molecular weight excluding hydrogens is 164 g/mol. The highest BCUT2D eigenvalue weighted by Gasteiger charge is 2.07. The van der Waals surface area contributed by atoms with Crippen molar-refractivity contribution in [2.45, 2.75) is 39.0 Å². The molecule has 0 aromatic heterocycles. The van der Waals surface area contributed by atoms with E-state index in [4.69, 9.17) is 0 Å². The van der Waals surface area contributed by atoms with Crippen molar-refractivity contribution in [3.63, 3.8) is 0 Å². The van der Waals surface area contributed by atoms with Crippen LogP contribution in [-0.2, 0) is 9.53 Å². The molecule has 0 aromatic carbocycles. The van der Waals surface area contributed by atoms with Crippen LogP contribution in [0.4, 0.5) is 0 Å². The molecule has 2 nitrogen and oxygen atoms in total. The van der Waals surface area contributed by atoms with Crippen LogP contribution in [0.2, 0.25) is 0 Å². The summed E-state index contributed by atoms with van der Waals surface area (Å²) in [5.74, 6) is -0.300. The van der Waals surface area contributed by atoms with Crippen LogP contribution in [0.3, 0.4) is 0 Å². The standard InChI is InChI=1S/C11H18O2/c1-4-6-7-8-9-10(5-2)11(12)13-3/h2,4,6-9H2,1,3H3. The van der Waals surface area contributed by atoms with Gasteiger partial charge in [0, 0.05) is 0 Å².